The number of ether oxygens (including phenoxy) is 1. The van der Waals surface area contributed by atoms with Crippen molar-refractivity contribution in [1.29, 1.82) is 0 Å². The molecule has 1 aliphatic rings. The van der Waals surface area contributed by atoms with E-state index in [0.717, 1.165) is 37.0 Å². The van der Waals surface area contributed by atoms with E-state index in [1.807, 2.05) is 24.3 Å². The lowest BCUT2D eigenvalue weighted by atomic mass is 9.85. The fourth-order valence-corrected chi connectivity index (χ4v) is 2.12. The van der Waals surface area contributed by atoms with Crippen LogP contribution in [0.1, 0.15) is 37.7 Å². The van der Waals surface area contributed by atoms with Crippen molar-refractivity contribution in [2.24, 2.45) is 0 Å². The lowest BCUT2D eigenvalue weighted by Gasteiger charge is -2.26. The highest BCUT2D eigenvalue weighted by atomic mass is 16.5. The van der Waals surface area contributed by atoms with E-state index >= 15 is 0 Å². The summed E-state index contributed by atoms with van der Waals surface area (Å²) in [5.74, 6) is 6.89. The summed E-state index contributed by atoms with van der Waals surface area (Å²) < 4.78 is 5.09. The number of hydrogen-bond donors (Lipinski definition) is 1. The van der Waals surface area contributed by atoms with Crippen LogP contribution in [-0.2, 0) is 0 Å². The van der Waals surface area contributed by atoms with E-state index in [2.05, 4.69) is 11.8 Å². The van der Waals surface area contributed by atoms with E-state index in [1.54, 1.807) is 7.11 Å². The first kappa shape index (κ1) is 12.0. The molecule has 0 aromatic heterocycles. The van der Waals surface area contributed by atoms with Crippen molar-refractivity contribution in [1.82, 2.24) is 0 Å². The zero-order valence-corrected chi connectivity index (χ0v) is 10.2. The minimum atomic E-state index is -0.766. The molecule has 2 heteroatoms. The van der Waals surface area contributed by atoms with E-state index in [9.17, 15) is 5.11 Å². The van der Waals surface area contributed by atoms with Crippen LogP contribution < -0.4 is 4.74 Å². The molecule has 0 heterocycles. The van der Waals surface area contributed by atoms with Gasteiger partial charge in [0.1, 0.15) is 11.4 Å². The fourth-order valence-electron chi connectivity index (χ4n) is 2.12. The van der Waals surface area contributed by atoms with Crippen LogP contribution in [0.3, 0.4) is 0 Å². The zero-order valence-electron chi connectivity index (χ0n) is 10.2. The number of rotatable bonds is 1. The highest BCUT2D eigenvalue weighted by Crippen LogP contribution is 2.27. The summed E-state index contributed by atoms with van der Waals surface area (Å²) in [6, 6.07) is 7.60. The molecule has 0 atom stereocenters. The van der Waals surface area contributed by atoms with Gasteiger partial charge in [-0.15, -0.1) is 0 Å². The van der Waals surface area contributed by atoms with Crippen LogP contribution in [0.15, 0.2) is 24.3 Å². The Balaban J connectivity index is 2.08. The SMILES string of the molecule is COc1ccc(C#CC2(O)CCCCC2)cc1. The monoisotopic (exact) mass is 230 g/mol. The predicted molar refractivity (Wildman–Crippen MR) is 67.9 cm³/mol. The molecule has 1 saturated carbocycles. The summed E-state index contributed by atoms with van der Waals surface area (Å²) in [6.45, 7) is 0. The fraction of sp³-hybridized carbons (Fsp3) is 0.467. The number of aliphatic hydroxyl groups is 1. The average Bonchev–Trinajstić information content (AvgIpc) is 2.38. The topological polar surface area (TPSA) is 29.5 Å². The van der Waals surface area contributed by atoms with Crippen molar-refractivity contribution in [3.05, 3.63) is 29.8 Å². The van der Waals surface area contributed by atoms with Crippen LogP contribution in [0.5, 0.6) is 5.75 Å². The van der Waals surface area contributed by atoms with E-state index in [0.29, 0.717) is 0 Å². The molecule has 1 aliphatic carbocycles. The largest absolute Gasteiger partial charge is 0.497 e. The number of benzene rings is 1. The normalized spacial score (nSPS) is 18.0. The van der Waals surface area contributed by atoms with Gasteiger partial charge in [-0.2, -0.15) is 0 Å². The predicted octanol–water partition coefficient (Wildman–Crippen LogP) is 2.74. The van der Waals surface area contributed by atoms with Gasteiger partial charge in [-0.05, 0) is 49.9 Å². The van der Waals surface area contributed by atoms with Crippen LogP contribution in [0.2, 0.25) is 0 Å². The Hall–Kier alpha value is -1.46. The van der Waals surface area contributed by atoms with Crippen LogP contribution in [0.4, 0.5) is 0 Å². The number of hydrogen-bond acceptors (Lipinski definition) is 2. The van der Waals surface area contributed by atoms with Gasteiger partial charge >= 0.3 is 0 Å². The molecule has 2 rings (SSSR count). The van der Waals surface area contributed by atoms with E-state index < -0.39 is 5.60 Å². The average molecular weight is 230 g/mol. The smallest absolute Gasteiger partial charge is 0.125 e. The summed E-state index contributed by atoms with van der Waals surface area (Å²) in [7, 11) is 1.64. The molecule has 1 aromatic rings. The van der Waals surface area contributed by atoms with Crippen LogP contribution in [0, 0.1) is 11.8 Å². The summed E-state index contributed by atoms with van der Waals surface area (Å²) in [6.07, 6.45) is 4.97. The molecule has 0 radical (unpaired) electrons. The first-order valence-electron chi connectivity index (χ1n) is 6.11. The Morgan fingerprint density at radius 2 is 1.76 bits per heavy atom. The Kier molecular flexibility index (Phi) is 3.71. The minimum Gasteiger partial charge on any atom is -0.497 e. The quantitative estimate of drug-likeness (QED) is 0.752. The molecular weight excluding hydrogens is 212 g/mol. The molecule has 1 N–H and O–H groups in total. The van der Waals surface area contributed by atoms with Crippen LogP contribution in [0.25, 0.3) is 0 Å². The van der Waals surface area contributed by atoms with Crippen LogP contribution in [-0.4, -0.2) is 17.8 Å². The van der Waals surface area contributed by atoms with Gasteiger partial charge in [0.2, 0.25) is 0 Å². The standard InChI is InChI=1S/C15H18O2/c1-17-14-7-5-13(6-8-14)9-12-15(16)10-3-2-4-11-15/h5-8,16H,2-4,10-11H2,1H3. The molecule has 1 fully saturated rings. The van der Waals surface area contributed by atoms with Gasteiger partial charge in [-0.1, -0.05) is 18.3 Å². The van der Waals surface area contributed by atoms with E-state index in [4.69, 9.17) is 4.74 Å². The van der Waals surface area contributed by atoms with Crippen LogP contribution >= 0.6 is 0 Å². The third kappa shape index (κ3) is 3.25. The second-order valence-corrected chi connectivity index (χ2v) is 4.57. The highest BCUT2D eigenvalue weighted by molar-refractivity contribution is 5.39. The maximum Gasteiger partial charge on any atom is 0.125 e. The number of methoxy groups -OCH3 is 1. The molecule has 90 valence electrons. The molecule has 0 saturated heterocycles. The van der Waals surface area contributed by atoms with Gasteiger partial charge in [0.25, 0.3) is 0 Å². The van der Waals surface area contributed by atoms with Gasteiger partial charge in [-0.3, -0.25) is 0 Å². The van der Waals surface area contributed by atoms with Crippen molar-refractivity contribution in [2.45, 2.75) is 37.7 Å². The first-order chi connectivity index (χ1) is 8.22. The molecule has 1 aromatic carbocycles. The molecule has 0 bridgehead atoms. The highest BCUT2D eigenvalue weighted by Gasteiger charge is 2.26. The van der Waals surface area contributed by atoms with Gasteiger partial charge < -0.3 is 9.84 Å². The molecule has 2 nitrogen and oxygen atoms in total. The summed E-state index contributed by atoms with van der Waals surface area (Å²) in [5, 5.41) is 10.2. The Morgan fingerprint density at radius 1 is 1.12 bits per heavy atom. The Labute approximate surface area is 103 Å². The second-order valence-electron chi connectivity index (χ2n) is 4.57. The van der Waals surface area contributed by atoms with E-state index in [-0.39, 0.29) is 0 Å². The van der Waals surface area contributed by atoms with Crippen molar-refractivity contribution in [3.8, 4) is 17.6 Å². The lowest BCUT2D eigenvalue weighted by molar-refractivity contribution is 0.0610. The summed E-state index contributed by atoms with van der Waals surface area (Å²) in [5.41, 5.74) is 0.155. The zero-order chi connectivity index (χ0) is 12.1. The maximum absolute atomic E-state index is 10.2. The lowest BCUT2D eigenvalue weighted by Crippen LogP contribution is -2.29. The molecular formula is C15H18O2. The van der Waals surface area contributed by atoms with Gasteiger partial charge in [0.15, 0.2) is 0 Å². The maximum atomic E-state index is 10.2. The molecule has 17 heavy (non-hydrogen) atoms. The Morgan fingerprint density at radius 3 is 2.35 bits per heavy atom. The molecule has 0 amide bonds. The van der Waals surface area contributed by atoms with Gasteiger partial charge in [0.05, 0.1) is 7.11 Å². The molecule has 0 spiro atoms. The van der Waals surface area contributed by atoms with Gasteiger partial charge in [0, 0.05) is 5.56 Å². The van der Waals surface area contributed by atoms with Crippen molar-refractivity contribution >= 4 is 0 Å². The summed E-state index contributed by atoms with van der Waals surface area (Å²) in [4.78, 5) is 0. The van der Waals surface area contributed by atoms with Crippen molar-refractivity contribution < 1.29 is 9.84 Å². The third-order valence-electron chi connectivity index (χ3n) is 3.21. The summed E-state index contributed by atoms with van der Waals surface area (Å²) >= 11 is 0. The Bertz CT molecular complexity index is 416. The van der Waals surface area contributed by atoms with Gasteiger partial charge in [-0.25, -0.2) is 0 Å². The van der Waals surface area contributed by atoms with E-state index in [1.165, 1.54) is 6.42 Å². The first-order valence-corrected chi connectivity index (χ1v) is 6.11. The molecule has 0 unspecified atom stereocenters. The van der Waals surface area contributed by atoms with Crippen molar-refractivity contribution in [2.75, 3.05) is 7.11 Å². The second kappa shape index (κ2) is 5.25. The minimum absolute atomic E-state index is 0.766. The van der Waals surface area contributed by atoms with Crippen molar-refractivity contribution in [3.63, 3.8) is 0 Å². The molecule has 0 aliphatic heterocycles. The third-order valence-corrected chi connectivity index (χ3v) is 3.21.